The summed E-state index contributed by atoms with van der Waals surface area (Å²) in [5.41, 5.74) is 0. The van der Waals surface area contributed by atoms with Crippen LogP contribution in [0.25, 0.3) is 0 Å². The molecule has 0 spiro atoms. The molecule has 1 unspecified atom stereocenters. The molecule has 1 fully saturated rings. The number of aliphatic hydroxyl groups excluding tert-OH is 1. The number of carbonyl (C=O) groups is 1. The Hall–Kier alpha value is -1.43. The number of nitrogens with one attached hydrogen (secondary N) is 1. The number of hydrogen-bond acceptors (Lipinski definition) is 5. The third kappa shape index (κ3) is 3.32. The van der Waals surface area contributed by atoms with E-state index in [0.717, 1.165) is 0 Å². The molecule has 7 heteroatoms. The first kappa shape index (κ1) is 11.6. The Labute approximate surface area is 86.7 Å². The lowest BCUT2D eigenvalue weighted by atomic mass is 10.2. The molecule has 15 heavy (non-hydrogen) atoms. The van der Waals surface area contributed by atoms with E-state index >= 15 is 0 Å². The normalized spacial score (nSPS) is 20.6. The Morgan fingerprint density at radius 3 is 3.20 bits per heavy atom. The molecule has 1 heterocycles. The molecule has 2 amide bonds. The number of aliphatic hydroxyl groups is 1. The molecule has 1 aliphatic heterocycles. The number of morpholine rings is 1. The van der Waals surface area contributed by atoms with Gasteiger partial charge in [-0.15, -0.1) is 0 Å². The van der Waals surface area contributed by atoms with Gasteiger partial charge in [0.25, 0.3) is 0 Å². The highest BCUT2D eigenvalue weighted by Gasteiger charge is 2.26. The molecule has 0 aromatic heterocycles. The quantitative estimate of drug-likeness (QED) is 0.451. The molecule has 0 aliphatic carbocycles. The number of urea groups is 1. The number of carbonyl (C=O) groups excluding carboxylic acids is 2. The molecule has 0 radical (unpaired) electrons. The van der Waals surface area contributed by atoms with Gasteiger partial charge in [0.15, 0.2) is 0 Å². The second-order valence-electron chi connectivity index (χ2n) is 2.99. The molecular weight excluding hydrogens is 202 g/mol. The maximum absolute atomic E-state index is 11.5. The summed E-state index contributed by atoms with van der Waals surface area (Å²) in [5.74, 6) is 0. The Balaban J connectivity index is 2.44. The molecular formula is C8H13N3O4. The van der Waals surface area contributed by atoms with Gasteiger partial charge >= 0.3 is 6.03 Å². The fourth-order valence-corrected chi connectivity index (χ4v) is 1.31. The van der Waals surface area contributed by atoms with Gasteiger partial charge in [0, 0.05) is 6.54 Å². The average molecular weight is 215 g/mol. The Bertz CT molecular complexity index is 265. The van der Waals surface area contributed by atoms with Crippen LogP contribution in [0, 0.1) is 0 Å². The van der Waals surface area contributed by atoms with Crippen molar-refractivity contribution in [2.75, 3.05) is 33.0 Å². The highest BCUT2D eigenvalue weighted by molar-refractivity contribution is 5.74. The van der Waals surface area contributed by atoms with E-state index in [1.807, 2.05) is 0 Å². The fraction of sp³-hybridized carbons (Fsp3) is 0.750. The number of aliphatic imine (C=N–C) groups is 1. The van der Waals surface area contributed by atoms with Crippen molar-refractivity contribution in [1.29, 1.82) is 0 Å². The number of nitrogens with zero attached hydrogens (tertiary/aromatic N) is 2. The number of isocyanates is 1. The maximum atomic E-state index is 11.5. The summed E-state index contributed by atoms with van der Waals surface area (Å²) in [6.07, 6.45) is 1.32. The van der Waals surface area contributed by atoms with Crippen LogP contribution in [0.4, 0.5) is 4.79 Å². The van der Waals surface area contributed by atoms with Gasteiger partial charge in [-0.2, -0.15) is 4.99 Å². The predicted octanol–water partition coefficient (Wildman–Crippen LogP) is -1.32. The first-order chi connectivity index (χ1) is 7.29. The minimum Gasteiger partial charge on any atom is -0.394 e. The van der Waals surface area contributed by atoms with Crippen LogP contribution in [0.2, 0.25) is 0 Å². The highest BCUT2D eigenvalue weighted by Crippen LogP contribution is 2.06. The van der Waals surface area contributed by atoms with Gasteiger partial charge < -0.3 is 20.1 Å². The van der Waals surface area contributed by atoms with E-state index in [1.165, 1.54) is 11.0 Å². The molecule has 0 saturated carbocycles. The van der Waals surface area contributed by atoms with Gasteiger partial charge in [0.2, 0.25) is 6.08 Å². The van der Waals surface area contributed by atoms with Crippen LogP contribution >= 0.6 is 0 Å². The molecule has 0 aromatic carbocycles. The summed E-state index contributed by atoms with van der Waals surface area (Å²) in [4.78, 5) is 25.9. The van der Waals surface area contributed by atoms with Crippen LogP contribution in [0.15, 0.2) is 4.99 Å². The van der Waals surface area contributed by atoms with Crippen molar-refractivity contribution in [2.24, 2.45) is 4.99 Å². The van der Waals surface area contributed by atoms with Gasteiger partial charge in [-0.25, -0.2) is 9.59 Å². The number of amides is 2. The van der Waals surface area contributed by atoms with E-state index in [4.69, 9.17) is 9.84 Å². The molecule has 1 rings (SSSR count). The van der Waals surface area contributed by atoms with E-state index in [2.05, 4.69) is 10.3 Å². The molecule has 7 nitrogen and oxygen atoms in total. The molecule has 1 atom stereocenters. The van der Waals surface area contributed by atoms with E-state index in [-0.39, 0.29) is 25.3 Å². The van der Waals surface area contributed by atoms with Crippen molar-refractivity contribution in [3.63, 3.8) is 0 Å². The molecule has 0 aromatic rings. The Morgan fingerprint density at radius 1 is 1.73 bits per heavy atom. The summed E-state index contributed by atoms with van der Waals surface area (Å²) >= 11 is 0. The van der Waals surface area contributed by atoms with Crippen LogP contribution < -0.4 is 5.32 Å². The van der Waals surface area contributed by atoms with E-state index in [9.17, 15) is 9.59 Å². The molecule has 1 aliphatic rings. The highest BCUT2D eigenvalue weighted by atomic mass is 16.5. The zero-order valence-electron chi connectivity index (χ0n) is 8.18. The molecule has 1 saturated heterocycles. The fourth-order valence-electron chi connectivity index (χ4n) is 1.31. The summed E-state index contributed by atoms with van der Waals surface area (Å²) in [6, 6.07) is -0.699. The summed E-state index contributed by atoms with van der Waals surface area (Å²) < 4.78 is 5.11. The zero-order valence-corrected chi connectivity index (χ0v) is 8.18. The van der Waals surface area contributed by atoms with Gasteiger partial charge in [0.05, 0.1) is 25.9 Å². The molecule has 84 valence electrons. The van der Waals surface area contributed by atoms with Crippen LogP contribution in [-0.2, 0) is 9.53 Å². The predicted molar refractivity (Wildman–Crippen MR) is 49.9 cm³/mol. The topological polar surface area (TPSA) is 91.2 Å². The lowest BCUT2D eigenvalue weighted by Gasteiger charge is -2.34. The smallest absolute Gasteiger partial charge is 0.319 e. The summed E-state index contributed by atoms with van der Waals surface area (Å²) in [6.45, 7) is 0.936. The van der Waals surface area contributed by atoms with Crippen molar-refractivity contribution in [2.45, 2.75) is 6.04 Å². The van der Waals surface area contributed by atoms with Crippen LogP contribution in [-0.4, -0.2) is 61.2 Å². The Kier molecular flexibility index (Phi) is 4.76. The minimum absolute atomic E-state index is 0.0994. The number of hydrogen-bond donors (Lipinski definition) is 2. The summed E-state index contributed by atoms with van der Waals surface area (Å²) in [5, 5.41) is 11.4. The van der Waals surface area contributed by atoms with Crippen LogP contribution in [0.5, 0.6) is 0 Å². The first-order valence-corrected chi connectivity index (χ1v) is 4.56. The zero-order chi connectivity index (χ0) is 11.1. The van der Waals surface area contributed by atoms with Gasteiger partial charge in [0.1, 0.15) is 6.67 Å². The maximum Gasteiger partial charge on any atom is 0.319 e. The van der Waals surface area contributed by atoms with E-state index in [1.54, 1.807) is 0 Å². The average Bonchev–Trinajstić information content (AvgIpc) is 2.29. The SMILES string of the molecule is O=C=NCNC(=O)N1CCOCC1CO. The standard InChI is InChI=1S/C8H13N3O4/c12-3-7-4-15-2-1-11(7)8(14)10-5-9-6-13/h7,12H,1-5H2,(H,10,14). The Morgan fingerprint density at radius 2 is 2.53 bits per heavy atom. The van der Waals surface area contributed by atoms with Crippen molar-refractivity contribution in [1.82, 2.24) is 10.2 Å². The third-order valence-electron chi connectivity index (χ3n) is 2.07. The second kappa shape index (κ2) is 6.13. The monoisotopic (exact) mass is 215 g/mol. The second-order valence-corrected chi connectivity index (χ2v) is 2.99. The van der Waals surface area contributed by atoms with Crippen LogP contribution in [0.3, 0.4) is 0 Å². The molecule has 2 N–H and O–H groups in total. The van der Waals surface area contributed by atoms with E-state index < -0.39 is 0 Å². The third-order valence-corrected chi connectivity index (χ3v) is 2.07. The van der Waals surface area contributed by atoms with Crippen molar-refractivity contribution >= 4 is 12.1 Å². The number of rotatable bonds is 3. The van der Waals surface area contributed by atoms with Crippen LogP contribution in [0.1, 0.15) is 0 Å². The lowest BCUT2D eigenvalue weighted by Crippen LogP contribution is -2.53. The van der Waals surface area contributed by atoms with Crippen molar-refractivity contribution in [3.05, 3.63) is 0 Å². The van der Waals surface area contributed by atoms with E-state index in [0.29, 0.717) is 19.8 Å². The van der Waals surface area contributed by atoms with Crippen molar-refractivity contribution < 1.29 is 19.4 Å². The minimum atomic E-state index is -0.364. The number of ether oxygens (including phenoxy) is 1. The van der Waals surface area contributed by atoms with Gasteiger partial charge in [-0.3, -0.25) is 0 Å². The van der Waals surface area contributed by atoms with Gasteiger partial charge in [-0.05, 0) is 0 Å². The lowest BCUT2D eigenvalue weighted by molar-refractivity contribution is -0.00752. The largest absolute Gasteiger partial charge is 0.394 e. The first-order valence-electron chi connectivity index (χ1n) is 4.56. The molecule has 0 bridgehead atoms. The van der Waals surface area contributed by atoms with Crippen molar-refractivity contribution in [3.8, 4) is 0 Å². The summed E-state index contributed by atoms with van der Waals surface area (Å²) in [7, 11) is 0. The van der Waals surface area contributed by atoms with Gasteiger partial charge in [-0.1, -0.05) is 0 Å².